The van der Waals surface area contributed by atoms with Crippen molar-refractivity contribution in [1.29, 1.82) is 0 Å². The minimum Gasteiger partial charge on any atom is -0.370 e. The summed E-state index contributed by atoms with van der Waals surface area (Å²) in [5, 5.41) is 5.80. The normalized spacial score (nSPS) is 10.2. The summed E-state index contributed by atoms with van der Waals surface area (Å²) in [5.41, 5.74) is 1.08. The van der Waals surface area contributed by atoms with Crippen molar-refractivity contribution in [2.24, 2.45) is 0 Å². The second-order valence-electron chi connectivity index (χ2n) is 4.04. The number of anilines is 2. The van der Waals surface area contributed by atoms with Crippen LogP contribution in [0.15, 0.2) is 36.5 Å². The van der Waals surface area contributed by atoms with Gasteiger partial charge < -0.3 is 10.6 Å². The quantitative estimate of drug-likeness (QED) is 0.793. The Morgan fingerprint density at radius 3 is 2.85 bits per heavy atom. The Morgan fingerprint density at radius 1 is 1.35 bits per heavy atom. The number of pyridine rings is 1. The first-order valence-electron chi connectivity index (χ1n) is 6.06. The van der Waals surface area contributed by atoms with E-state index in [1.165, 1.54) is 12.1 Å². The summed E-state index contributed by atoms with van der Waals surface area (Å²) in [6.45, 7) is 2.68. The molecule has 0 saturated heterocycles. The highest BCUT2D eigenvalue weighted by atomic mass is 127. The molecule has 0 aliphatic carbocycles. The van der Waals surface area contributed by atoms with E-state index in [4.69, 9.17) is 0 Å². The molecule has 0 spiro atoms. The van der Waals surface area contributed by atoms with Gasteiger partial charge in [0.15, 0.2) is 0 Å². The minimum atomic E-state index is -0.328. The van der Waals surface area contributed by atoms with Crippen LogP contribution in [0.25, 0.3) is 0 Å². The molecular formula is C14H13FIN3O. The fourth-order valence-electron chi connectivity index (χ4n) is 1.63. The molecule has 20 heavy (non-hydrogen) atoms. The fraction of sp³-hybridized carbons (Fsp3) is 0.143. The lowest BCUT2D eigenvalue weighted by Gasteiger charge is -2.08. The van der Waals surface area contributed by atoms with E-state index in [2.05, 4.69) is 15.6 Å². The maximum atomic E-state index is 13.0. The standard InChI is InChI=1S/C14H13FIN3O/c1-2-17-13-7-9(5-6-18-13)14(20)19-12-4-3-10(15)8-11(12)16/h3-8H,2H2,1H3,(H,17,18)(H,19,20). The minimum absolute atomic E-state index is 0.254. The van der Waals surface area contributed by atoms with Gasteiger partial charge in [0, 0.05) is 21.9 Å². The number of nitrogens with one attached hydrogen (secondary N) is 2. The van der Waals surface area contributed by atoms with Crippen LogP contribution in [-0.4, -0.2) is 17.4 Å². The number of halogens is 2. The molecule has 1 heterocycles. The zero-order chi connectivity index (χ0) is 14.5. The third-order valence-electron chi connectivity index (χ3n) is 2.56. The lowest BCUT2D eigenvalue weighted by atomic mass is 10.2. The third kappa shape index (κ3) is 3.66. The first-order chi connectivity index (χ1) is 9.60. The summed E-state index contributed by atoms with van der Waals surface area (Å²) in [4.78, 5) is 16.2. The lowest BCUT2D eigenvalue weighted by molar-refractivity contribution is 0.102. The predicted octanol–water partition coefficient (Wildman–Crippen LogP) is 3.51. The molecule has 2 aromatic rings. The van der Waals surface area contributed by atoms with Crippen molar-refractivity contribution in [3.63, 3.8) is 0 Å². The monoisotopic (exact) mass is 385 g/mol. The molecule has 1 amide bonds. The average molecular weight is 385 g/mol. The summed E-state index contributed by atoms with van der Waals surface area (Å²) in [7, 11) is 0. The number of aromatic nitrogens is 1. The number of benzene rings is 1. The van der Waals surface area contributed by atoms with Crippen molar-refractivity contribution in [2.45, 2.75) is 6.92 Å². The molecule has 0 atom stereocenters. The van der Waals surface area contributed by atoms with Crippen molar-refractivity contribution >= 4 is 40.0 Å². The molecule has 0 fully saturated rings. The van der Waals surface area contributed by atoms with Crippen LogP contribution >= 0.6 is 22.6 Å². The van der Waals surface area contributed by atoms with Gasteiger partial charge in [-0.3, -0.25) is 4.79 Å². The van der Waals surface area contributed by atoms with Crippen LogP contribution in [0.2, 0.25) is 0 Å². The number of hydrogen-bond donors (Lipinski definition) is 2. The van der Waals surface area contributed by atoms with Crippen molar-refractivity contribution in [3.05, 3.63) is 51.5 Å². The molecule has 104 valence electrons. The third-order valence-corrected chi connectivity index (χ3v) is 3.45. The lowest BCUT2D eigenvalue weighted by Crippen LogP contribution is -2.13. The van der Waals surface area contributed by atoms with Gasteiger partial charge in [0.2, 0.25) is 0 Å². The van der Waals surface area contributed by atoms with Gasteiger partial charge in [-0.1, -0.05) is 0 Å². The first kappa shape index (κ1) is 14.7. The Hall–Kier alpha value is -1.70. The SMILES string of the molecule is CCNc1cc(C(=O)Nc2ccc(F)cc2I)ccn1. The Bertz CT molecular complexity index is 634. The van der Waals surface area contributed by atoms with Crippen molar-refractivity contribution in [3.8, 4) is 0 Å². The van der Waals surface area contributed by atoms with Crippen LogP contribution in [0.3, 0.4) is 0 Å². The Labute approximate surface area is 129 Å². The van der Waals surface area contributed by atoms with Gasteiger partial charge >= 0.3 is 0 Å². The number of nitrogens with zero attached hydrogens (tertiary/aromatic N) is 1. The Balaban J connectivity index is 2.17. The molecule has 0 aliphatic rings. The summed E-state index contributed by atoms with van der Waals surface area (Å²) in [6, 6.07) is 7.53. The van der Waals surface area contributed by atoms with Crippen LogP contribution < -0.4 is 10.6 Å². The van der Waals surface area contributed by atoms with Crippen LogP contribution in [0.1, 0.15) is 17.3 Å². The topological polar surface area (TPSA) is 54.0 Å². The summed E-state index contributed by atoms with van der Waals surface area (Å²) >= 11 is 1.98. The van der Waals surface area contributed by atoms with Crippen molar-refractivity contribution in [2.75, 3.05) is 17.2 Å². The highest BCUT2D eigenvalue weighted by molar-refractivity contribution is 14.1. The van der Waals surface area contributed by atoms with Crippen molar-refractivity contribution < 1.29 is 9.18 Å². The molecular weight excluding hydrogens is 372 g/mol. The molecule has 0 saturated carbocycles. The van der Waals surface area contributed by atoms with Crippen molar-refractivity contribution in [1.82, 2.24) is 4.98 Å². The molecule has 4 nitrogen and oxygen atoms in total. The van der Waals surface area contributed by atoms with E-state index in [-0.39, 0.29) is 11.7 Å². The molecule has 6 heteroatoms. The first-order valence-corrected chi connectivity index (χ1v) is 7.14. The second-order valence-corrected chi connectivity index (χ2v) is 5.20. The van der Waals surface area contributed by atoms with Gasteiger partial charge in [-0.05, 0) is 59.8 Å². The van der Waals surface area contributed by atoms with Gasteiger partial charge in [0.25, 0.3) is 5.91 Å². The van der Waals surface area contributed by atoms with E-state index in [9.17, 15) is 9.18 Å². The van der Waals surface area contributed by atoms with E-state index < -0.39 is 0 Å². The molecule has 2 N–H and O–H groups in total. The maximum absolute atomic E-state index is 13.0. The highest BCUT2D eigenvalue weighted by Crippen LogP contribution is 2.20. The smallest absolute Gasteiger partial charge is 0.255 e. The summed E-state index contributed by atoms with van der Waals surface area (Å²) < 4.78 is 13.7. The van der Waals surface area contributed by atoms with Crippen LogP contribution in [0.5, 0.6) is 0 Å². The van der Waals surface area contributed by atoms with Gasteiger partial charge in [-0.2, -0.15) is 0 Å². The highest BCUT2D eigenvalue weighted by Gasteiger charge is 2.09. The van der Waals surface area contributed by atoms with Gasteiger partial charge in [0.1, 0.15) is 11.6 Å². The number of hydrogen-bond acceptors (Lipinski definition) is 3. The predicted molar refractivity (Wildman–Crippen MR) is 85.5 cm³/mol. The Kier molecular flexibility index (Phi) is 4.89. The molecule has 1 aromatic heterocycles. The van der Waals surface area contributed by atoms with Gasteiger partial charge in [-0.15, -0.1) is 0 Å². The maximum Gasteiger partial charge on any atom is 0.255 e. The molecule has 1 aromatic carbocycles. The number of carbonyl (C=O) groups excluding carboxylic acids is 1. The fourth-order valence-corrected chi connectivity index (χ4v) is 2.25. The number of amides is 1. The second kappa shape index (κ2) is 6.65. The van der Waals surface area contributed by atoms with E-state index in [1.54, 1.807) is 24.4 Å². The number of rotatable bonds is 4. The molecule has 0 unspecified atom stereocenters. The summed E-state index contributed by atoms with van der Waals surface area (Å²) in [6.07, 6.45) is 1.57. The zero-order valence-electron chi connectivity index (χ0n) is 10.8. The van der Waals surface area contributed by atoms with Gasteiger partial charge in [-0.25, -0.2) is 9.37 Å². The van der Waals surface area contributed by atoms with E-state index in [0.717, 1.165) is 6.54 Å². The van der Waals surface area contributed by atoms with E-state index in [1.807, 2.05) is 29.5 Å². The molecule has 0 radical (unpaired) electrons. The van der Waals surface area contributed by atoms with Crippen LogP contribution in [0.4, 0.5) is 15.9 Å². The average Bonchev–Trinajstić information content (AvgIpc) is 2.42. The molecule has 2 rings (SSSR count). The largest absolute Gasteiger partial charge is 0.370 e. The zero-order valence-corrected chi connectivity index (χ0v) is 12.9. The van der Waals surface area contributed by atoms with Gasteiger partial charge in [0.05, 0.1) is 5.69 Å². The Morgan fingerprint density at radius 2 is 2.15 bits per heavy atom. The van der Waals surface area contributed by atoms with Crippen LogP contribution in [-0.2, 0) is 0 Å². The molecule has 0 aliphatic heterocycles. The van der Waals surface area contributed by atoms with E-state index in [0.29, 0.717) is 20.6 Å². The molecule has 0 bridgehead atoms. The number of carbonyl (C=O) groups is 1. The van der Waals surface area contributed by atoms with E-state index >= 15 is 0 Å². The summed E-state index contributed by atoms with van der Waals surface area (Å²) in [5.74, 6) is 0.0655. The van der Waals surface area contributed by atoms with Crippen LogP contribution in [0, 0.1) is 9.39 Å².